The maximum absolute atomic E-state index is 12.7. The fourth-order valence-corrected chi connectivity index (χ4v) is 2.55. The number of fused-ring (bicyclic) bond motifs is 1. The number of tetrazole rings is 1. The van der Waals surface area contributed by atoms with Gasteiger partial charge in [-0.3, -0.25) is 4.79 Å². The Morgan fingerprint density at radius 3 is 2.89 bits per heavy atom. The average molecular weight is 375 g/mol. The highest BCUT2D eigenvalue weighted by Gasteiger charge is 2.16. The van der Waals surface area contributed by atoms with Crippen LogP contribution in [0.4, 0.5) is 11.4 Å². The van der Waals surface area contributed by atoms with Gasteiger partial charge in [0.1, 0.15) is 11.6 Å². The zero-order valence-corrected chi connectivity index (χ0v) is 14.3. The van der Waals surface area contributed by atoms with E-state index in [-0.39, 0.29) is 24.1 Å². The maximum atomic E-state index is 12.7. The molecule has 0 radical (unpaired) electrons. The van der Waals surface area contributed by atoms with Gasteiger partial charge in [-0.1, -0.05) is 12.1 Å². The average Bonchev–Trinajstić information content (AvgIpc) is 3.40. The van der Waals surface area contributed by atoms with Crippen molar-refractivity contribution in [1.82, 2.24) is 20.6 Å². The number of anilines is 2. The van der Waals surface area contributed by atoms with Crippen LogP contribution in [0.15, 0.2) is 48.7 Å². The summed E-state index contributed by atoms with van der Waals surface area (Å²) < 4.78 is 10.6. The first kappa shape index (κ1) is 17.0. The van der Waals surface area contributed by atoms with Gasteiger partial charge in [0.05, 0.1) is 11.3 Å². The van der Waals surface area contributed by atoms with Crippen molar-refractivity contribution in [1.29, 1.82) is 5.26 Å². The van der Waals surface area contributed by atoms with E-state index in [1.807, 2.05) is 6.07 Å². The van der Waals surface area contributed by atoms with E-state index in [4.69, 9.17) is 9.47 Å². The summed E-state index contributed by atoms with van der Waals surface area (Å²) in [4.78, 5) is 12.7. The standard InChI is InChI=1S/C18H13N7O3/c19-8-11(17-22-24-25-23-17)9-20-14-4-2-1-3-13(14)18(26)21-12-5-6-15-16(7-12)28-10-27-15/h1-7,9,20H,10H2,(H,21,26)(H,22,23,24,25). The van der Waals surface area contributed by atoms with Crippen LogP contribution in [0.25, 0.3) is 5.57 Å². The number of carbonyl (C=O) groups is 1. The van der Waals surface area contributed by atoms with Crippen LogP contribution in [0, 0.1) is 11.3 Å². The normalized spacial score (nSPS) is 12.3. The second kappa shape index (κ2) is 7.46. The molecule has 1 aliphatic rings. The zero-order chi connectivity index (χ0) is 19.3. The molecule has 2 aromatic carbocycles. The SMILES string of the molecule is N#CC(=CNc1ccccc1C(=O)Nc1ccc2c(c1)OCO2)c1nn[nH]n1. The lowest BCUT2D eigenvalue weighted by atomic mass is 10.1. The number of H-pyrrole nitrogens is 1. The number of nitrogens with zero attached hydrogens (tertiary/aromatic N) is 4. The first-order chi connectivity index (χ1) is 13.7. The molecule has 28 heavy (non-hydrogen) atoms. The van der Waals surface area contributed by atoms with Crippen LogP contribution in [-0.4, -0.2) is 33.3 Å². The van der Waals surface area contributed by atoms with Crippen molar-refractivity contribution < 1.29 is 14.3 Å². The van der Waals surface area contributed by atoms with Gasteiger partial charge < -0.3 is 20.1 Å². The van der Waals surface area contributed by atoms with Gasteiger partial charge >= 0.3 is 0 Å². The Balaban J connectivity index is 1.54. The van der Waals surface area contributed by atoms with E-state index in [0.717, 1.165) is 0 Å². The van der Waals surface area contributed by atoms with Gasteiger partial charge in [0.2, 0.25) is 12.6 Å². The van der Waals surface area contributed by atoms with E-state index < -0.39 is 0 Å². The molecule has 10 nitrogen and oxygen atoms in total. The number of carbonyl (C=O) groups excluding carboxylic acids is 1. The van der Waals surface area contributed by atoms with Gasteiger partial charge in [-0.2, -0.15) is 10.5 Å². The Labute approximate surface area is 158 Å². The third-order valence-corrected chi connectivity index (χ3v) is 3.88. The van der Waals surface area contributed by atoms with E-state index in [9.17, 15) is 10.1 Å². The summed E-state index contributed by atoms with van der Waals surface area (Å²) in [5.74, 6) is 1.03. The molecule has 0 unspecified atom stereocenters. The van der Waals surface area contributed by atoms with Crippen LogP contribution in [0.2, 0.25) is 0 Å². The van der Waals surface area contributed by atoms with Crippen molar-refractivity contribution in [3.8, 4) is 17.6 Å². The fraction of sp³-hybridized carbons (Fsp3) is 0.0556. The minimum Gasteiger partial charge on any atom is -0.454 e. The van der Waals surface area contributed by atoms with E-state index in [1.54, 1.807) is 42.5 Å². The number of ether oxygens (including phenoxy) is 2. The number of aromatic nitrogens is 4. The summed E-state index contributed by atoms with van der Waals surface area (Å²) in [5, 5.41) is 28.2. The van der Waals surface area contributed by atoms with Gasteiger partial charge in [0.25, 0.3) is 5.91 Å². The molecular weight excluding hydrogens is 362 g/mol. The van der Waals surface area contributed by atoms with E-state index >= 15 is 0 Å². The molecule has 10 heteroatoms. The Kier molecular flexibility index (Phi) is 4.54. The number of allylic oxidation sites excluding steroid dienone is 1. The molecule has 0 aliphatic carbocycles. The summed E-state index contributed by atoms with van der Waals surface area (Å²) in [7, 11) is 0. The van der Waals surface area contributed by atoms with E-state index in [2.05, 4.69) is 31.3 Å². The van der Waals surface area contributed by atoms with Crippen LogP contribution in [0.5, 0.6) is 11.5 Å². The summed E-state index contributed by atoms with van der Waals surface area (Å²) in [6.07, 6.45) is 1.41. The molecule has 0 saturated heterocycles. The molecular formula is C18H13N7O3. The summed E-state index contributed by atoms with van der Waals surface area (Å²) in [6.45, 7) is 0.160. The van der Waals surface area contributed by atoms with Gasteiger partial charge in [-0.05, 0) is 29.5 Å². The van der Waals surface area contributed by atoms with Crippen LogP contribution < -0.4 is 20.1 Å². The Morgan fingerprint density at radius 1 is 1.21 bits per heavy atom. The fourth-order valence-electron chi connectivity index (χ4n) is 2.55. The van der Waals surface area contributed by atoms with Crippen molar-refractivity contribution >= 4 is 22.9 Å². The van der Waals surface area contributed by atoms with Crippen molar-refractivity contribution in [3.63, 3.8) is 0 Å². The van der Waals surface area contributed by atoms with Crippen molar-refractivity contribution in [2.75, 3.05) is 17.4 Å². The first-order valence-corrected chi connectivity index (χ1v) is 8.15. The van der Waals surface area contributed by atoms with Gasteiger partial charge in [-0.15, -0.1) is 10.2 Å². The molecule has 1 aliphatic heterocycles. The lowest BCUT2D eigenvalue weighted by Gasteiger charge is -2.10. The van der Waals surface area contributed by atoms with Crippen LogP contribution >= 0.6 is 0 Å². The van der Waals surface area contributed by atoms with Crippen LogP contribution in [-0.2, 0) is 0 Å². The molecule has 138 valence electrons. The lowest BCUT2D eigenvalue weighted by molar-refractivity contribution is 0.102. The van der Waals surface area contributed by atoms with Crippen molar-refractivity contribution in [3.05, 3.63) is 60.1 Å². The second-order valence-corrected chi connectivity index (χ2v) is 5.62. The van der Waals surface area contributed by atoms with E-state index in [1.165, 1.54) is 6.20 Å². The number of amides is 1. The molecule has 1 amide bonds. The molecule has 0 bridgehead atoms. The number of nitrogens with one attached hydrogen (secondary N) is 3. The number of nitriles is 1. The smallest absolute Gasteiger partial charge is 0.257 e. The Morgan fingerprint density at radius 2 is 2.07 bits per heavy atom. The highest BCUT2D eigenvalue weighted by Crippen LogP contribution is 2.34. The largest absolute Gasteiger partial charge is 0.454 e. The number of rotatable bonds is 5. The predicted octanol–water partition coefficient (Wildman–Crippen LogP) is 2.16. The molecule has 0 saturated carbocycles. The number of hydrogen-bond acceptors (Lipinski definition) is 8. The van der Waals surface area contributed by atoms with Crippen LogP contribution in [0.1, 0.15) is 16.2 Å². The highest BCUT2D eigenvalue weighted by molar-refractivity contribution is 6.08. The molecule has 0 spiro atoms. The number of benzene rings is 2. The topological polar surface area (TPSA) is 138 Å². The molecule has 3 aromatic rings. The van der Waals surface area contributed by atoms with E-state index in [0.29, 0.717) is 28.4 Å². The monoisotopic (exact) mass is 375 g/mol. The molecule has 4 rings (SSSR count). The quantitative estimate of drug-likeness (QED) is 0.577. The zero-order valence-electron chi connectivity index (χ0n) is 14.3. The molecule has 0 fully saturated rings. The van der Waals surface area contributed by atoms with Crippen molar-refractivity contribution in [2.45, 2.75) is 0 Å². The molecule has 2 heterocycles. The second-order valence-electron chi connectivity index (χ2n) is 5.62. The summed E-state index contributed by atoms with van der Waals surface area (Å²) >= 11 is 0. The van der Waals surface area contributed by atoms with Gasteiger partial charge in [-0.25, -0.2) is 0 Å². The molecule has 1 aromatic heterocycles. The molecule has 0 atom stereocenters. The minimum absolute atomic E-state index is 0.150. The minimum atomic E-state index is -0.326. The third kappa shape index (κ3) is 3.45. The van der Waals surface area contributed by atoms with Gasteiger partial charge in [0, 0.05) is 18.0 Å². The summed E-state index contributed by atoms with van der Waals surface area (Å²) in [6, 6.07) is 14.0. The Hall–Kier alpha value is -4.39. The van der Waals surface area contributed by atoms with Crippen molar-refractivity contribution in [2.24, 2.45) is 0 Å². The highest BCUT2D eigenvalue weighted by atomic mass is 16.7. The Bertz CT molecular complexity index is 1090. The lowest BCUT2D eigenvalue weighted by Crippen LogP contribution is -2.13. The maximum Gasteiger partial charge on any atom is 0.257 e. The first-order valence-electron chi connectivity index (χ1n) is 8.15. The number of hydrogen-bond donors (Lipinski definition) is 3. The van der Waals surface area contributed by atoms with Gasteiger partial charge in [0.15, 0.2) is 11.5 Å². The molecule has 3 N–H and O–H groups in total. The summed E-state index contributed by atoms with van der Waals surface area (Å²) in [5.41, 5.74) is 1.64. The van der Waals surface area contributed by atoms with Crippen LogP contribution in [0.3, 0.4) is 0 Å². The number of aromatic amines is 1. The number of para-hydroxylation sites is 1. The third-order valence-electron chi connectivity index (χ3n) is 3.88. The predicted molar refractivity (Wildman–Crippen MR) is 98.4 cm³/mol.